The van der Waals surface area contributed by atoms with E-state index in [4.69, 9.17) is 18.9 Å². The average molecular weight is 374 g/mol. The summed E-state index contributed by atoms with van der Waals surface area (Å²) in [6.07, 6.45) is 0. The summed E-state index contributed by atoms with van der Waals surface area (Å²) >= 11 is 1.35. The normalized spacial score (nSPS) is 10.5. The Hall–Kier alpha value is -3.00. The van der Waals surface area contributed by atoms with Crippen LogP contribution in [0.25, 0.3) is 10.2 Å². The summed E-state index contributed by atoms with van der Waals surface area (Å²) in [7, 11) is 6.19. The van der Waals surface area contributed by atoms with E-state index in [2.05, 4.69) is 10.3 Å². The molecule has 0 saturated heterocycles. The van der Waals surface area contributed by atoms with E-state index in [0.29, 0.717) is 39.2 Å². The monoisotopic (exact) mass is 374 g/mol. The van der Waals surface area contributed by atoms with Crippen molar-refractivity contribution in [2.75, 3.05) is 33.8 Å². The van der Waals surface area contributed by atoms with Crippen LogP contribution < -0.4 is 24.3 Å². The van der Waals surface area contributed by atoms with Gasteiger partial charge in [-0.3, -0.25) is 10.1 Å². The number of carbonyl (C=O) groups is 1. The van der Waals surface area contributed by atoms with Gasteiger partial charge in [-0.15, -0.1) is 0 Å². The zero-order chi connectivity index (χ0) is 18.7. The predicted molar refractivity (Wildman–Crippen MR) is 100 cm³/mol. The zero-order valence-corrected chi connectivity index (χ0v) is 15.6. The number of nitrogens with zero attached hydrogens (tertiary/aromatic N) is 1. The van der Waals surface area contributed by atoms with E-state index >= 15 is 0 Å². The first-order chi connectivity index (χ1) is 12.6. The van der Waals surface area contributed by atoms with Crippen LogP contribution in [0.2, 0.25) is 0 Å². The minimum absolute atomic E-state index is 0.317. The summed E-state index contributed by atoms with van der Waals surface area (Å²) in [6.45, 7) is 0. The third kappa shape index (κ3) is 3.36. The maximum atomic E-state index is 12.6. The molecule has 0 aliphatic heterocycles. The minimum atomic E-state index is -0.317. The van der Waals surface area contributed by atoms with Gasteiger partial charge in [0.25, 0.3) is 5.91 Å². The predicted octanol–water partition coefficient (Wildman–Crippen LogP) is 3.58. The summed E-state index contributed by atoms with van der Waals surface area (Å²) in [5.41, 5.74) is 1.10. The second kappa shape index (κ2) is 7.49. The molecule has 0 saturated carbocycles. The highest BCUT2D eigenvalue weighted by Gasteiger charge is 2.16. The molecule has 0 aliphatic carbocycles. The fraction of sp³-hybridized carbons (Fsp3) is 0.222. The molecule has 7 nitrogen and oxygen atoms in total. The number of fused-ring (bicyclic) bond motifs is 1. The van der Waals surface area contributed by atoms with Crippen molar-refractivity contribution in [1.82, 2.24) is 4.98 Å². The van der Waals surface area contributed by atoms with Gasteiger partial charge in [-0.05, 0) is 12.1 Å². The van der Waals surface area contributed by atoms with Gasteiger partial charge in [-0.25, -0.2) is 4.98 Å². The van der Waals surface area contributed by atoms with Gasteiger partial charge >= 0.3 is 0 Å². The van der Waals surface area contributed by atoms with Gasteiger partial charge < -0.3 is 18.9 Å². The smallest absolute Gasteiger partial charge is 0.261 e. The average Bonchev–Trinajstić information content (AvgIpc) is 3.06. The van der Waals surface area contributed by atoms with Crippen LogP contribution in [0, 0.1) is 0 Å². The Balaban J connectivity index is 1.90. The van der Waals surface area contributed by atoms with Gasteiger partial charge in [0.1, 0.15) is 11.5 Å². The number of amides is 1. The topological polar surface area (TPSA) is 78.9 Å². The lowest BCUT2D eigenvalue weighted by molar-refractivity contribution is 0.102. The lowest BCUT2D eigenvalue weighted by Gasteiger charge is -2.09. The van der Waals surface area contributed by atoms with Crippen LogP contribution in [-0.4, -0.2) is 39.3 Å². The number of hydrogen-bond donors (Lipinski definition) is 1. The molecule has 0 aliphatic rings. The summed E-state index contributed by atoms with van der Waals surface area (Å²) in [5, 5.41) is 3.27. The summed E-state index contributed by atoms with van der Waals surface area (Å²) in [5.74, 6) is 1.91. The van der Waals surface area contributed by atoms with E-state index in [0.717, 1.165) is 4.70 Å². The molecule has 26 heavy (non-hydrogen) atoms. The number of aromatic nitrogens is 1. The van der Waals surface area contributed by atoms with Gasteiger partial charge in [0.2, 0.25) is 0 Å². The van der Waals surface area contributed by atoms with Crippen molar-refractivity contribution in [1.29, 1.82) is 0 Å². The number of carbonyl (C=O) groups excluding carboxylic acids is 1. The van der Waals surface area contributed by atoms with Crippen molar-refractivity contribution in [3.63, 3.8) is 0 Å². The van der Waals surface area contributed by atoms with Gasteiger partial charge in [-0.2, -0.15) is 0 Å². The summed E-state index contributed by atoms with van der Waals surface area (Å²) in [6, 6.07) is 8.60. The maximum Gasteiger partial charge on any atom is 0.261 e. The second-order valence-corrected chi connectivity index (χ2v) is 6.24. The van der Waals surface area contributed by atoms with Crippen molar-refractivity contribution in [3.8, 4) is 23.0 Å². The van der Waals surface area contributed by atoms with Crippen molar-refractivity contribution in [3.05, 3.63) is 35.9 Å². The van der Waals surface area contributed by atoms with Crippen LogP contribution in [0.15, 0.2) is 30.3 Å². The number of rotatable bonds is 6. The second-order valence-electron chi connectivity index (χ2n) is 5.21. The molecule has 0 bridgehead atoms. The highest BCUT2D eigenvalue weighted by molar-refractivity contribution is 7.22. The quantitative estimate of drug-likeness (QED) is 0.710. The molecule has 136 valence electrons. The molecule has 1 aromatic heterocycles. The van der Waals surface area contributed by atoms with Crippen molar-refractivity contribution < 1.29 is 23.7 Å². The largest absolute Gasteiger partial charge is 0.497 e. The van der Waals surface area contributed by atoms with Crippen LogP contribution >= 0.6 is 11.3 Å². The molecule has 1 heterocycles. The first-order valence-corrected chi connectivity index (χ1v) is 8.47. The Morgan fingerprint density at radius 2 is 1.62 bits per heavy atom. The summed E-state index contributed by atoms with van der Waals surface area (Å²) < 4.78 is 21.9. The fourth-order valence-corrected chi connectivity index (χ4v) is 3.33. The molecule has 0 spiro atoms. The molecule has 0 fully saturated rings. The Bertz CT molecular complexity index is 913. The Kier molecular flexibility index (Phi) is 5.13. The van der Waals surface area contributed by atoms with E-state index in [9.17, 15) is 4.79 Å². The van der Waals surface area contributed by atoms with Gasteiger partial charge in [0, 0.05) is 18.2 Å². The first kappa shape index (κ1) is 17.8. The lowest BCUT2D eigenvalue weighted by Crippen LogP contribution is -2.13. The number of ether oxygens (including phenoxy) is 4. The fourth-order valence-electron chi connectivity index (χ4n) is 2.46. The van der Waals surface area contributed by atoms with E-state index in [-0.39, 0.29) is 5.91 Å². The van der Waals surface area contributed by atoms with Crippen molar-refractivity contribution >= 4 is 32.6 Å². The summed E-state index contributed by atoms with van der Waals surface area (Å²) in [4.78, 5) is 17.0. The molecule has 2 aromatic carbocycles. The molecule has 0 atom stereocenters. The molecule has 1 N–H and O–H groups in total. The molecule has 0 radical (unpaired) electrons. The Morgan fingerprint density at radius 3 is 2.27 bits per heavy atom. The van der Waals surface area contributed by atoms with E-state index in [1.54, 1.807) is 45.6 Å². The number of hydrogen-bond acceptors (Lipinski definition) is 7. The highest BCUT2D eigenvalue weighted by Crippen LogP contribution is 2.36. The minimum Gasteiger partial charge on any atom is -0.497 e. The first-order valence-electron chi connectivity index (χ1n) is 7.65. The Morgan fingerprint density at radius 1 is 0.923 bits per heavy atom. The van der Waals surface area contributed by atoms with Crippen LogP contribution in [0.5, 0.6) is 23.0 Å². The van der Waals surface area contributed by atoms with Crippen LogP contribution in [-0.2, 0) is 0 Å². The third-order valence-corrected chi connectivity index (χ3v) is 4.70. The molecular formula is C18H18N2O5S. The van der Waals surface area contributed by atoms with E-state index < -0.39 is 0 Å². The molecule has 1 amide bonds. The third-order valence-electron chi connectivity index (χ3n) is 3.77. The van der Waals surface area contributed by atoms with Crippen LogP contribution in [0.4, 0.5) is 5.13 Å². The molecular weight excluding hydrogens is 356 g/mol. The highest BCUT2D eigenvalue weighted by atomic mass is 32.1. The number of nitrogens with one attached hydrogen (secondary N) is 1. The van der Waals surface area contributed by atoms with Gasteiger partial charge in [-0.1, -0.05) is 11.3 Å². The molecule has 3 aromatic rings. The standard InChI is InChI=1S/C18H18N2O5S/c1-22-10-5-6-11(13(7-10)23-2)17(21)20-18-19-12-8-14(24-3)15(25-4)9-16(12)26-18/h5-9H,1-4H3,(H,19,20,21). The van der Waals surface area contributed by atoms with E-state index in [1.807, 2.05) is 6.07 Å². The lowest BCUT2D eigenvalue weighted by atomic mass is 10.2. The molecule has 8 heteroatoms. The van der Waals surface area contributed by atoms with Crippen molar-refractivity contribution in [2.45, 2.75) is 0 Å². The Labute approximate surface area is 154 Å². The van der Waals surface area contributed by atoms with Crippen molar-refractivity contribution in [2.24, 2.45) is 0 Å². The maximum absolute atomic E-state index is 12.6. The number of methoxy groups -OCH3 is 4. The number of anilines is 1. The van der Waals surface area contributed by atoms with Gasteiger partial charge in [0.05, 0.1) is 44.2 Å². The number of thiazole rings is 1. The van der Waals surface area contributed by atoms with Crippen LogP contribution in [0.1, 0.15) is 10.4 Å². The number of benzene rings is 2. The zero-order valence-electron chi connectivity index (χ0n) is 14.8. The van der Waals surface area contributed by atoms with Gasteiger partial charge in [0.15, 0.2) is 16.6 Å². The molecule has 0 unspecified atom stereocenters. The van der Waals surface area contributed by atoms with Crippen LogP contribution in [0.3, 0.4) is 0 Å². The molecule has 3 rings (SSSR count). The van der Waals surface area contributed by atoms with E-state index in [1.165, 1.54) is 18.4 Å². The SMILES string of the molecule is COc1ccc(C(=O)Nc2nc3cc(OC)c(OC)cc3s2)c(OC)c1.